The fourth-order valence-electron chi connectivity index (χ4n) is 1.58. The van der Waals surface area contributed by atoms with Gasteiger partial charge < -0.3 is 15.8 Å². The molecule has 0 heterocycles. The van der Waals surface area contributed by atoms with Crippen molar-refractivity contribution in [3.05, 3.63) is 0 Å². The number of methoxy groups -OCH3 is 1. The summed E-state index contributed by atoms with van der Waals surface area (Å²) in [6.07, 6.45) is 3.89. The lowest BCUT2D eigenvalue weighted by Gasteiger charge is -2.16. The molecule has 0 aromatic carbocycles. The van der Waals surface area contributed by atoms with Gasteiger partial charge in [0.1, 0.15) is 0 Å². The van der Waals surface area contributed by atoms with Gasteiger partial charge in [0.15, 0.2) is 0 Å². The van der Waals surface area contributed by atoms with Gasteiger partial charge in [-0.1, -0.05) is 0 Å². The lowest BCUT2D eigenvalue weighted by atomic mass is 10.0. The van der Waals surface area contributed by atoms with Crippen LogP contribution in [-0.2, 0) is 4.74 Å². The van der Waals surface area contributed by atoms with Crippen LogP contribution in [0.2, 0.25) is 0 Å². The summed E-state index contributed by atoms with van der Waals surface area (Å²) in [6, 6.07) is 0.262. The monoisotopic (exact) mass is 186 g/mol. The second-order valence-electron chi connectivity index (χ2n) is 4.35. The Bertz CT molecular complexity index is 144. The molecule has 1 fully saturated rings. The highest BCUT2D eigenvalue weighted by molar-refractivity contribution is 4.94. The Hall–Kier alpha value is -0.120. The van der Waals surface area contributed by atoms with E-state index in [0.717, 1.165) is 19.7 Å². The van der Waals surface area contributed by atoms with Gasteiger partial charge in [-0.3, -0.25) is 0 Å². The van der Waals surface area contributed by atoms with Gasteiger partial charge in [0.25, 0.3) is 0 Å². The van der Waals surface area contributed by atoms with Crippen molar-refractivity contribution in [2.45, 2.75) is 32.2 Å². The van der Waals surface area contributed by atoms with E-state index in [2.05, 4.69) is 5.32 Å². The summed E-state index contributed by atoms with van der Waals surface area (Å²) in [4.78, 5) is 0. The van der Waals surface area contributed by atoms with Crippen molar-refractivity contribution in [3.8, 4) is 0 Å². The zero-order chi connectivity index (χ0) is 9.73. The van der Waals surface area contributed by atoms with E-state index in [-0.39, 0.29) is 6.04 Å². The minimum atomic E-state index is 0.262. The van der Waals surface area contributed by atoms with Gasteiger partial charge in [-0.2, -0.15) is 0 Å². The van der Waals surface area contributed by atoms with E-state index < -0.39 is 0 Å². The number of hydrogen-bond acceptors (Lipinski definition) is 3. The second kappa shape index (κ2) is 4.94. The Balaban J connectivity index is 2.05. The van der Waals surface area contributed by atoms with Crippen molar-refractivity contribution in [1.82, 2.24) is 5.32 Å². The molecule has 3 N–H and O–H groups in total. The van der Waals surface area contributed by atoms with Crippen LogP contribution in [0, 0.1) is 5.41 Å². The zero-order valence-corrected chi connectivity index (χ0v) is 8.81. The van der Waals surface area contributed by atoms with Crippen molar-refractivity contribution >= 4 is 0 Å². The highest BCUT2D eigenvalue weighted by Crippen LogP contribution is 2.48. The molecule has 3 heteroatoms. The molecule has 78 valence electrons. The van der Waals surface area contributed by atoms with Gasteiger partial charge in [-0.15, -0.1) is 0 Å². The Morgan fingerprint density at radius 2 is 2.23 bits per heavy atom. The SMILES string of the molecule is COCCC1(CNCC(C)N)CC1. The second-order valence-corrected chi connectivity index (χ2v) is 4.35. The van der Waals surface area contributed by atoms with Crippen molar-refractivity contribution < 1.29 is 4.74 Å². The van der Waals surface area contributed by atoms with Crippen LogP contribution in [0.25, 0.3) is 0 Å². The lowest BCUT2D eigenvalue weighted by molar-refractivity contribution is 0.171. The Morgan fingerprint density at radius 1 is 1.54 bits per heavy atom. The van der Waals surface area contributed by atoms with Crippen molar-refractivity contribution in [1.29, 1.82) is 0 Å². The molecule has 1 rings (SSSR count). The molecule has 1 saturated carbocycles. The summed E-state index contributed by atoms with van der Waals surface area (Å²) in [5.74, 6) is 0. The third kappa shape index (κ3) is 4.07. The quantitative estimate of drug-likeness (QED) is 0.616. The number of rotatable bonds is 7. The van der Waals surface area contributed by atoms with Crippen LogP contribution in [0.5, 0.6) is 0 Å². The molecule has 0 saturated heterocycles. The maximum Gasteiger partial charge on any atom is 0.0468 e. The molecule has 0 bridgehead atoms. The average Bonchev–Trinajstić information content (AvgIpc) is 2.82. The predicted octanol–water partition coefficient (Wildman–Crippen LogP) is 0.740. The summed E-state index contributed by atoms with van der Waals surface area (Å²) in [6.45, 7) is 4.95. The number of ether oxygens (including phenoxy) is 1. The van der Waals surface area contributed by atoms with Crippen LogP contribution in [-0.4, -0.2) is 32.8 Å². The first-order valence-corrected chi connectivity index (χ1v) is 5.14. The van der Waals surface area contributed by atoms with E-state index in [4.69, 9.17) is 10.5 Å². The average molecular weight is 186 g/mol. The maximum absolute atomic E-state index is 5.66. The molecule has 1 aliphatic carbocycles. The third-order valence-electron chi connectivity index (χ3n) is 2.76. The zero-order valence-electron chi connectivity index (χ0n) is 8.81. The van der Waals surface area contributed by atoms with E-state index in [1.54, 1.807) is 7.11 Å². The molecule has 1 unspecified atom stereocenters. The van der Waals surface area contributed by atoms with Gasteiger partial charge >= 0.3 is 0 Å². The van der Waals surface area contributed by atoms with Gasteiger partial charge in [0.05, 0.1) is 0 Å². The third-order valence-corrected chi connectivity index (χ3v) is 2.76. The number of nitrogens with two attached hydrogens (primary N) is 1. The van der Waals surface area contributed by atoms with Gasteiger partial charge in [-0.25, -0.2) is 0 Å². The summed E-state index contributed by atoms with van der Waals surface area (Å²) in [7, 11) is 1.77. The van der Waals surface area contributed by atoms with Crippen molar-refractivity contribution in [2.24, 2.45) is 11.1 Å². The molecule has 3 nitrogen and oxygen atoms in total. The molecule has 0 aliphatic heterocycles. The maximum atomic E-state index is 5.66. The molecule has 0 amide bonds. The molecule has 0 aromatic rings. The predicted molar refractivity (Wildman–Crippen MR) is 54.7 cm³/mol. The first-order valence-electron chi connectivity index (χ1n) is 5.14. The topological polar surface area (TPSA) is 47.3 Å². The Kier molecular flexibility index (Phi) is 4.16. The van der Waals surface area contributed by atoms with Gasteiger partial charge in [-0.05, 0) is 31.6 Å². The minimum absolute atomic E-state index is 0.262. The first-order chi connectivity index (χ1) is 6.18. The normalized spacial score (nSPS) is 21.5. The van der Waals surface area contributed by atoms with E-state index in [1.165, 1.54) is 19.3 Å². The minimum Gasteiger partial charge on any atom is -0.385 e. The molecule has 1 aliphatic rings. The first kappa shape index (κ1) is 11.0. The van der Waals surface area contributed by atoms with E-state index >= 15 is 0 Å². The number of hydrogen-bond donors (Lipinski definition) is 2. The standard InChI is InChI=1S/C10H22N2O/c1-9(11)7-12-8-10(3-4-10)5-6-13-2/h9,12H,3-8,11H2,1-2H3. The summed E-state index contributed by atoms with van der Waals surface area (Å²) in [5.41, 5.74) is 6.20. The van der Waals surface area contributed by atoms with E-state index in [9.17, 15) is 0 Å². The highest BCUT2D eigenvalue weighted by Gasteiger charge is 2.41. The van der Waals surface area contributed by atoms with Crippen LogP contribution in [0.15, 0.2) is 0 Å². The van der Waals surface area contributed by atoms with Gasteiger partial charge in [0.2, 0.25) is 0 Å². The smallest absolute Gasteiger partial charge is 0.0468 e. The fraction of sp³-hybridized carbons (Fsp3) is 1.00. The molecular formula is C10H22N2O. The fourth-order valence-corrected chi connectivity index (χ4v) is 1.58. The summed E-state index contributed by atoms with van der Waals surface area (Å²) in [5, 5.41) is 3.42. The summed E-state index contributed by atoms with van der Waals surface area (Å²) >= 11 is 0. The highest BCUT2D eigenvalue weighted by atomic mass is 16.5. The van der Waals surface area contributed by atoms with Crippen molar-refractivity contribution in [2.75, 3.05) is 26.8 Å². The van der Waals surface area contributed by atoms with Crippen LogP contribution in [0.4, 0.5) is 0 Å². The molecule has 0 spiro atoms. The van der Waals surface area contributed by atoms with Crippen LogP contribution in [0.1, 0.15) is 26.2 Å². The summed E-state index contributed by atoms with van der Waals surface area (Å²) < 4.78 is 5.09. The molecule has 0 radical (unpaired) electrons. The Labute approximate surface area is 81.0 Å². The van der Waals surface area contributed by atoms with E-state index in [1.807, 2.05) is 6.92 Å². The number of nitrogens with one attached hydrogen (secondary N) is 1. The largest absolute Gasteiger partial charge is 0.385 e. The molecule has 13 heavy (non-hydrogen) atoms. The molecule has 1 atom stereocenters. The lowest BCUT2D eigenvalue weighted by Crippen LogP contribution is -2.34. The van der Waals surface area contributed by atoms with Gasteiger partial charge in [0, 0.05) is 32.8 Å². The van der Waals surface area contributed by atoms with Crippen LogP contribution >= 0.6 is 0 Å². The Morgan fingerprint density at radius 3 is 2.69 bits per heavy atom. The van der Waals surface area contributed by atoms with Crippen molar-refractivity contribution in [3.63, 3.8) is 0 Å². The van der Waals surface area contributed by atoms with Crippen LogP contribution < -0.4 is 11.1 Å². The van der Waals surface area contributed by atoms with Crippen LogP contribution in [0.3, 0.4) is 0 Å². The molecular weight excluding hydrogens is 164 g/mol. The van der Waals surface area contributed by atoms with E-state index in [0.29, 0.717) is 5.41 Å². The molecule has 0 aromatic heterocycles.